The summed E-state index contributed by atoms with van der Waals surface area (Å²) in [4.78, 5) is 0. The van der Waals surface area contributed by atoms with Crippen LogP contribution in [0.25, 0.3) is 0 Å². The molecule has 1 saturated carbocycles. The van der Waals surface area contributed by atoms with Gasteiger partial charge in [-0.05, 0) is 25.8 Å². The lowest BCUT2D eigenvalue weighted by molar-refractivity contribution is 0.456. The molecule has 0 aromatic carbocycles. The summed E-state index contributed by atoms with van der Waals surface area (Å²) in [5.41, 5.74) is 0. The molecule has 0 amide bonds. The van der Waals surface area contributed by atoms with E-state index < -0.39 is 0 Å². The summed E-state index contributed by atoms with van der Waals surface area (Å²) in [6, 6.07) is 2.88. The molecule has 0 heterocycles. The van der Waals surface area contributed by atoms with Gasteiger partial charge in [0.25, 0.3) is 0 Å². The fraction of sp³-hybridized carbons (Fsp3) is 0.909. The highest BCUT2D eigenvalue weighted by Gasteiger charge is 2.25. The zero-order valence-electron chi connectivity index (χ0n) is 8.55. The number of nitrogens with zero attached hydrogens (tertiary/aromatic N) is 1. The van der Waals surface area contributed by atoms with Gasteiger partial charge in [-0.3, -0.25) is 0 Å². The second-order valence-electron chi connectivity index (χ2n) is 3.93. The average Bonchev–Trinajstić information content (AvgIpc) is 2.60. The lowest BCUT2D eigenvalue weighted by Crippen LogP contribution is -2.32. The van der Waals surface area contributed by atoms with Crippen molar-refractivity contribution in [2.24, 2.45) is 5.92 Å². The molecule has 1 aliphatic carbocycles. The monoisotopic (exact) mass is 180 g/mol. The molecule has 2 atom stereocenters. The van der Waals surface area contributed by atoms with Crippen molar-refractivity contribution in [3.05, 3.63) is 0 Å². The molecule has 1 fully saturated rings. The molecular weight excluding hydrogens is 160 g/mol. The molecule has 1 rings (SSSR count). The van der Waals surface area contributed by atoms with Crippen molar-refractivity contribution >= 4 is 0 Å². The van der Waals surface area contributed by atoms with Gasteiger partial charge in [0.1, 0.15) is 0 Å². The molecule has 2 unspecified atom stereocenters. The number of hydrogen-bond donors (Lipinski definition) is 1. The topological polar surface area (TPSA) is 35.8 Å². The van der Waals surface area contributed by atoms with Crippen LogP contribution in [0.5, 0.6) is 0 Å². The van der Waals surface area contributed by atoms with Gasteiger partial charge in [0, 0.05) is 6.04 Å². The van der Waals surface area contributed by atoms with Crippen LogP contribution in [0.15, 0.2) is 0 Å². The molecule has 0 radical (unpaired) electrons. The van der Waals surface area contributed by atoms with Gasteiger partial charge in [-0.15, -0.1) is 0 Å². The van der Waals surface area contributed by atoms with Crippen LogP contribution in [0, 0.1) is 17.2 Å². The van der Waals surface area contributed by atoms with Crippen molar-refractivity contribution in [1.82, 2.24) is 5.32 Å². The van der Waals surface area contributed by atoms with E-state index in [-0.39, 0.29) is 5.92 Å². The van der Waals surface area contributed by atoms with Crippen molar-refractivity contribution in [2.75, 3.05) is 6.54 Å². The van der Waals surface area contributed by atoms with E-state index in [0.29, 0.717) is 6.04 Å². The Morgan fingerprint density at radius 3 is 2.92 bits per heavy atom. The Hall–Kier alpha value is -0.550. The van der Waals surface area contributed by atoms with Crippen LogP contribution in [0.1, 0.15) is 45.4 Å². The van der Waals surface area contributed by atoms with Crippen LogP contribution in [0.4, 0.5) is 0 Å². The fourth-order valence-electron chi connectivity index (χ4n) is 2.02. The van der Waals surface area contributed by atoms with Crippen LogP contribution in [-0.2, 0) is 0 Å². The summed E-state index contributed by atoms with van der Waals surface area (Å²) in [6.45, 7) is 3.31. The molecule has 0 spiro atoms. The molecule has 0 bridgehead atoms. The first-order valence-corrected chi connectivity index (χ1v) is 5.51. The first-order valence-electron chi connectivity index (χ1n) is 5.51. The minimum Gasteiger partial charge on any atom is -0.313 e. The Morgan fingerprint density at radius 2 is 2.23 bits per heavy atom. The van der Waals surface area contributed by atoms with E-state index in [9.17, 15) is 0 Å². The summed E-state index contributed by atoms with van der Waals surface area (Å²) < 4.78 is 0. The van der Waals surface area contributed by atoms with E-state index in [2.05, 4.69) is 18.3 Å². The number of hydrogen-bond acceptors (Lipinski definition) is 2. The van der Waals surface area contributed by atoms with Crippen molar-refractivity contribution in [1.29, 1.82) is 5.26 Å². The van der Waals surface area contributed by atoms with E-state index >= 15 is 0 Å². The van der Waals surface area contributed by atoms with Gasteiger partial charge >= 0.3 is 0 Å². The molecule has 13 heavy (non-hydrogen) atoms. The lowest BCUT2D eigenvalue weighted by Gasteiger charge is -2.14. The number of rotatable bonds is 5. The third kappa shape index (κ3) is 3.36. The van der Waals surface area contributed by atoms with Crippen molar-refractivity contribution in [2.45, 2.75) is 51.5 Å². The van der Waals surface area contributed by atoms with E-state index in [1.54, 1.807) is 0 Å². The van der Waals surface area contributed by atoms with Gasteiger partial charge in [-0.25, -0.2) is 0 Å². The summed E-state index contributed by atoms with van der Waals surface area (Å²) in [6.07, 6.45) is 7.35. The maximum Gasteiger partial charge on any atom is 0.0672 e. The molecule has 2 nitrogen and oxygen atoms in total. The maximum absolute atomic E-state index is 8.85. The standard InChI is InChI=1S/C11H20N2/c1-2-3-4-8-13-11-7-5-6-10(11)9-12/h10-11,13H,2-8H2,1H3. The highest BCUT2D eigenvalue weighted by atomic mass is 14.9. The largest absolute Gasteiger partial charge is 0.313 e. The van der Waals surface area contributed by atoms with Crippen LogP contribution in [-0.4, -0.2) is 12.6 Å². The summed E-state index contributed by atoms with van der Waals surface area (Å²) in [5.74, 6) is 0.279. The van der Waals surface area contributed by atoms with Crippen LogP contribution in [0.3, 0.4) is 0 Å². The van der Waals surface area contributed by atoms with Gasteiger partial charge in [-0.2, -0.15) is 5.26 Å². The minimum atomic E-state index is 0.279. The van der Waals surface area contributed by atoms with Crippen molar-refractivity contribution in [3.8, 4) is 6.07 Å². The summed E-state index contributed by atoms with van der Waals surface area (Å²) in [7, 11) is 0. The molecule has 0 saturated heterocycles. The Bertz CT molecular complexity index is 171. The number of nitriles is 1. The third-order valence-corrected chi connectivity index (χ3v) is 2.87. The smallest absolute Gasteiger partial charge is 0.0672 e. The molecule has 0 aromatic rings. The quantitative estimate of drug-likeness (QED) is 0.660. The van der Waals surface area contributed by atoms with Crippen LogP contribution in [0.2, 0.25) is 0 Å². The van der Waals surface area contributed by atoms with Gasteiger partial charge in [-0.1, -0.05) is 26.2 Å². The van der Waals surface area contributed by atoms with Crippen molar-refractivity contribution < 1.29 is 0 Å². The number of nitrogens with one attached hydrogen (secondary N) is 1. The second kappa shape index (κ2) is 5.99. The van der Waals surface area contributed by atoms with Crippen LogP contribution < -0.4 is 5.32 Å². The predicted molar refractivity (Wildman–Crippen MR) is 54.3 cm³/mol. The third-order valence-electron chi connectivity index (χ3n) is 2.87. The van der Waals surface area contributed by atoms with Gasteiger partial charge in [0.05, 0.1) is 12.0 Å². The van der Waals surface area contributed by atoms with Gasteiger partial charge in [0.15, 0.2) is 0 Å². The molecule has 1 aliphatic rings. The first kappa shape index (κ1) is 10.5. The predicted octanol–water partition coefficient (Wildman–Crippen LogP) is 2.46. The normalized spacial score (nSPS) is 27.4. The zero-order chi connectivity index (χ0) is 9.52. The van der Waals surface area contributed by atoms with Gasteiger partial charge in [0.2, 0.25) is 0 Å². The van der Waals surface area contributed by atoms with Crippen LogP contribution >= 0.6 is 0 Å². The van der Waals surface area contributed by atoms with Gasteiger partial charge < -0.3 is 5.32 Å². The fourth-order valence-corrected chi connectivity index (χ4v) is 2.02. The Kier molecular flexibility index (Phi) is 4.85. The van der Waals surface area contributed by atoms with E-state index in [1.807, 2.05) is 0 Å². The second-order valence-corrected chi connectivity index (χ2v) is 3.93. The lowest BCUT2D eigenvalue weighted by atomic mass is 10.1. The van der Waals surface area contributed by atoms with E-state index in [0.717, 1.165) is 13.0 Å². The van der Waals surface area contributed by atoms with Crippen molar-refractivity contribution in [3.63, 3.8) is 0 Å². The zero-order valence-corrected chi connectivity index (χ0v) is 8.55. The Balaban J connectivity index is 2.10. The maximum atomic E-state index is 8.85. The summed E-state index contributed by atoms with van der Waals surface area (Å²) in [5, 5.41) is 12.3. The molecular formula is C11H20N2. The number of unbranched alkanes of at least 4 members (excludes halogenated alkanes) is 2. The molecule has 2 heteroatoms. The molecule has 0 aromatic heterocycles. The molecule has 1 N–H and O–H groups in total. The molecule has 0 aliphatic heterocycles. The Morgan fingerprint density at radius 1 is 1.38 bits per heavy atom. The minimum absolute atomic E-state index is 0.279. The Labute approximate surface area is 81.3 Å². The highest BCUT2D eigenvalue weighted by Crippen LogP contribution is 2.24. The average molecular weight is 180 g/mol. The SMILES string of the molecule is CCCCCNC1CCCC1C#N. The summed E-state index contributed by atoms with van der Waals surface area (Å²) >= 11 is 0. The molecule has 74 valence electrons. The van der Waals surface area contributed by atoms with E-state index in [4.69, 9.17) is 5.26 Å². The highest BCUT2D eigenvalue weighted by molar-refractivity contribution is 4.96. The van der Waals surface area contributed by atoms with E-state index in [1.165, 1.54) is 32.1 Å². The first-order chi connectivity index (χ1) is 6.38.